The first-order valence-corrected chi connectivity index (χ1v) is 4.52. The van der Waals surface area contributed by atoms with E-state index in [1.54, 1.807) is 0 Å². The quantitative estimate of drug-likeness (QED) is 0.430. The number of aliphatic carboxylic acids is 1. The molecule has 0 aliphatic heterocycles. The molecule has 0 radical (unpaired) electrons. The Morgan fingerprint density at radius 1 is 1.46 bits per heavy atom. The van der Waals surface area contributed by atoms with Crippen LogP contribution in [-0.4, -0.2) is 23.7 Å². The molecular formula is C9H18N2O2. The molecule has 1 rings (SSSR count). The predicted molar refractivity (Wildman–Crippen MR) is 52.3 cm³/mol. The van der Waals surface area contributed by atoms with Crippen LogP contribution in [0.5, 0.6) is 0 Å². The molecule has 5 N–H and O–H groups in total. The maximum atomic E-state index is 10.1. The summed E-state index contributed by atoms with van der Waals surface area (Å²) < 4.78 is 0. The van der Waals surface area contributed by atoms with Gasteiger partial charge in [0.05, 0.1) is 0 Å². The van der Waals surface area contributed by atoms with Gasteiger partial charge in [0.25, 0.3) is 0 Å². The summed E-state index contributed by atoms with van der Waals surface area (Å²) in [7, 11) is 0. The Morgan fingerprint density at radius 2 is 2.00 bits per heavy atom. The maximum absolute atomic E-state index is 10.1. The number of hydrogen-bond donors (Lipinski definition) is 3. The fraction of sp³-hybridized carbons (Fsp3) is 0.667. The monoisotopic (exact) mass is 186 g/mol. The Kier molecular flexibility index (Phi) is 7.24. The average Bonchev–Trinajstić information content (AvgIpc) is 2.90. The van der Waals surface area contributed by atoms with Crippen molar-refractivity contribution >= 4 is 5.97 Å². The van der Waals surface area contributed by atoms with Crippen molar-refractivity contribution in [3.8, 4) is 0 Å². The van der Waals surface area contributed by atoms with E-state index in [2.05, 4.69) is 12.2 Å². The lowest BCUT2D eigenvalue weighted by Crippen LogP contribution is -2.29. The Balaban J connectivity index is 0.000000396. The number of carbonyl (C=O) groups is 1. The van der Waals surface area contributed by atoms with Crippen molar-refractivity contribution < 1.29 is 9.90 Å². The highest BCUT2D eigenvalue weighted by atomic mass is 16.4. The Morgan fingerprint density at radius 3 is 2.31 bits per heavy atom. The molecule has 0 aromatic heterocycles. The molecule has 0 saturated carbocycles. The fourth-order valence-electron chi connectivity index (χ4n) is 0.632. The SMILES string of the molecule is C1=CC1.NCCCCC(N)C(=O)O. The molecule has 76 valence electrons. The van der Waals surface area contributed by atoms with Gasteiger partial charge in [-0.25, -0.2) is 0 Å². The first-order chi connectivity index (χ1) is 6.18. The van der Waals surface area contributed by atoms with Gasteiger partial charge < -0.3 is 16.6 Å². The molecule has 0 heterocycles. The molecule has 0 aromatic carbocycles. The lowest BCUT2D eigenvalue weighted by molar-refractivity contribution is -0.138. The van der Waals surface area contributed by atoms with Gasteiger partial charge in [-0.1, -0.05) is 18.6 Å². The summed E-state index contributed by atoms with van der Waals surface area (Å²) in [5.41, 5.74) is 10.4. The van der Waals surface area contributed by atoms with Crippen molar-refractivity contribution in [2.24, 2.45) is 11.5 Å². The zero-order valence-corrected chi connectivity index (χ0v) is 7.78. The minimum atomic E-state index is -0.933. The zero-order valence-electron chi connectivity index (χ0n) is 7.78. The summed E-state index contributed by atoms with van der Waals surface area (Å²) in [5.74, 6) is -0.933. The smallest absolute Gasteiger partial charge is 0.320 e. The van der Waals surface area contributed by atoms with Gasteiger partial charge in [0, 0.05) is 0 Å². The number of unbranched alkanes of at least 4 members (excludes halogenated alkanes) is 1. The molecule has 0 aromatic rings. The molecule has 0 spiro atoms. The molecule has 0 bridgehead atoms. The number of rotatable bonds is 5. The minimum Gasteiger partial charge on any atom is -0.480 e. The van der Waals surface area contributed by atoms with E-state index in [0.717, 1.165) is 12.8 Å². The van der Waals surface area contributed by atoms with Crippen LogP contribution < -0.4 is 11.5 Å². The van der Waals surface area contributed by atoms with Gasteiger partial charge in [-0.05, 0) is 25.8 Å². The third-order valence-electron chi connectivity index (χ3n) is 1.52. The summed E-state index contributed by atoms with van der Waals surface area (Å²) in [5, 5.41) is 8.33. The molecule has 0 saturated heterocycles. The van der Waals surface area contributed by atoms with E-state index in [9.17, 15) is 4.79 Å². The van der Waals surface area contributed by atoms with Gasteiger partial charge in [-0.15, -0.1) is 0 Å². The predicted octanol–water partition coefficient (Wildman–Crippen LogP) is 0.474. The van der Waals surface area contributed by atoms with Crippen LogP contribution in [0.15, 0.2) is 12.2 Å². The number of allylic oxidation sites excluding steroid dienone is 2. The van der Waals surface area contributed by atoms with Crippen LogP contribution in [0, 0.1) is 0 Å². The molecule has 4 nitrogen and oxygen atoms in total. The Bertz CT molecular complexity index is 165. The number of nitrogens with two attached hydrogens (primary N) is 2. The van der Waals surface area contributed by atoms with Crippen molar-refractivity contribution in [3.63, 3.8) is 0 Å². The first-order valence-electron chi connectivity index (χ1n) is 4.52. The standard InChI is InChI=1S/C6H14N2O2.C3H4/c7-4-2-1-3-5(8)6(9)10;1-2-3-1/h5H,1-4,7-8H2,(H,9,10);1-2H,3H2. The minimum absolute atomic E-state index is 0.520. The van der Waals surface area contributed by atoms with E-state index in [1.165, 1.54) is 6.42 Å². The fourth-order valence-corrected chi connectivity index (χ4v) is 0.632. The molecule has 13 heavy (non-hydrogen) atoms. The Labute approximate surface area is 78.6 Å². The zero-order chi connectivity index (χ0) is 10.1. The van der Waals surface area contributed by atoms with Crippen LogP contribution in [0.1, 0.15) is 25.7 Å². The van der Waals surface area contributed by atoms with Gasteiger partial charge in [-0.2, -0.15) is 0 Å². The van der Waals surface area contributed by atoms with Gasteiger partial charge in [0.2, 0.25) is 0 Å². The van der Waals surface area contributed by atoms with E-state index >= 15 is 0 Å². The van der Waals surface area contributed by atoms with Crippen LogP contribution in [0.3, 0.4) is 0 Å². The topological polar surface area (TPSA) is 89.3 Å². The normalized spacial score (nSPS) is 14.3. The summed E-state index contributed by atoms with van der Waals surface area (Å²) in [6.45, 7) is 0.604. The average molecular weight is 186 g/mol. The second-order valence-corrected chi connectivity index (χ2v) is 2.94. The van der Waals surface area contributed by atoms with Crippen molar-refractivity contribution in [1.82, 2.24) is 0 Å². The molecule has 1 atom stereocenters. The largest absolute Gasteiger partial charge is 0.480 e. The highest BCUT2D eigenvalue weighted by Crippen LogP contribution is 1.97. The molecular weight excluding hydrogens is 168 g/mol. The van der Waals surface area contributed by atoms with Crippen LogP contribution in [0.2, 0.25) is 0 Å². The van der Waals surface area contributed by atoms with Crippen LogP contribution >= 0.6 is 0 Å². The van der Waals surface area contributed by atoms with E-state index in [0.29, 0.717) is 13.0 Å². The molecule has 1 unspecified atom stereocenters. The van der Waals surface area contributed by atoms with Gasteiger partial charge in [0.15, 0.2) is 0 Å². The Hall–Kier alpha value is -0.870. The summed E-state index contributed by atoms with van der Waals surface area (Å²) in [4.78, 5) is 10.1. The van der Waals surface area contributed by atoms with Crippen molar-refractivity contribution in [2.45, 2.75) is 31.7 Å². The van der Waals surface area contributed by atoms with Crippen LogP contribution in [-0.2, 0) is 4.79 Å². The summed E-state index contributed by atoms with van der Waals surface area (Å²) >= 11 is 0. The molecule has 0 amide bonds. The molecule has 4 heteroatoms. The third-order valence-corrected chi connectivity index (χ3v) is 1.52. The second-order valence-electron chi connectivity index (χ2n) is 2.94. The molecule has 1 aliphatic carbocycles. The molecule has 0 fully saturated rings. The van der Waals surface area contributed by atoms with E-state index in [1.807, 2.05) is 0 Å². The van der Waals surface area contributed by atoms with Crippen molar-refractivity contribution in [3.05, 3.63) is 12.2 Å². The van der Waals surface area contributed by atoms with Gasteiger partial charge >= 0.3 is 5.97 Å². The number of carboxylic acid groups (broad SMARTS) is 1. The van der Waals surface area contributed by atoms with Crippen molar-refractivity contribution in [2.75, 3.05) is 6.54 Å². The summed E-state index contributed by atoms with van der Waals surface area (Å²) in [6.07, 6.45) is 7.66. The number of carboxylic acids is 1. The first kappa shape index (κ1) is 12.1. The lowest BCUT2D eigenvalue weighted by Gasteiger charge is -2.03. The van der Waals surface area contributed by atoms with Crippen molar-refractivity contribution in [1.29, 1.82) is 0 Å². The molecule has 1 aliphatic rings. The number of hydrogen-bond acceptors (Lipinski definition) is 3. The van der Waals surface area contributed by atoms with Crippen LogP contribution in [0.4, 0.5) is 0 Å². The lowest BCUT2D eigenvalue weighted by atomic mass is 10.1. The summed E-state index contributed by atoms with van der Waals surface area (Å²) in [6, 6.07) is -0.716. The van der Waals surface area contributed by atoms with E-state index in [-0.39, 0.29) is 0 Å². The van der Waals surface area contributed by atoms with Crippen LogP contribution in [0.25, 0.3) is 0 Å². The van der Waals surface area contributed by atoms with E-state index < -0.39 is 12.0 Å². The van der Waals surface area contributed by atoms with Gasteiger partial charge in [0.1, 0.15) is 6.04 Å². The highest BCUT2D eigenvalue weighted by molar-refractivity contribution is 5.72. The maximum Gasteiger partial charge on any atom is 0.320 e. The van der Waals surface area contributed by atoms with E-state index in [4.69, 9.17) is 16.6 Å². The highest BCUT2D eigenvalue weighted by Gasteiger charge is 2.09. The van der Waals surface area contributed by atoms with Gasteiger partial charge in [-0.3, -0.25) is 4.79 Å². The second kappa shape index (κ2) is 7.76. The third kappa shape index (κ3) is 11.1.